The molecule has 1 aliphatic heterocycles. The predicted molar refractivity (Wildman–Crippen MR) is 131 cm³/mol. The van der Waals surface area contributed by atoms with Crippen LogP contribution in [0.2, 0.25) is 0 Å². The largest absolute Gasteiger partial charge is 0.497 e. The lowest BCUT2D eigenvalue weighted by atomic mass is 10.1. The Morgan fingerprint density at radius 2 is 1.79 bits per heavy atom. The highest BCUT2D eigenvalue weighted by Crippen LogP contribution is 2.34. The van der Waals surface area contributed by atoms with Gasteiger partial charge in [0.25, 0.3) is 5.91 Å². The van der Waals surface area contributed by atoms with E-state index in [1.807, 2.05) is 71.6 Å². The molecule has 7 nitrogen and oxygen atoms in total. The smallest absolute Gasteiger partial charge is 0.258 e. The van der Waals surface area contributed by atoms with E-state index >= 15 is 0 Å². The Bertz CT molecular complexity index is 1280. The molecule has 0 radical (unpaired) electrons. The van der Waals surface area contributed by atoms with Gasteiger partial charge in [0.1, 0.15) is 11.6 Å². The molecule has 0 aliphatic carbocycles. The number of carbonyl (C=O) groups is 1. The summed E-state index contributed by atoms with van der Waals surface area (Å²) in [4.78, 5) is 29.3. The van der Waals surface area contributed by atoms with Gasteiger partial charge in [0.05, 0.1) is 24.4 Å². The summed E-state index contributed by atoms with van der Waals surface area (Å²) in [6.45, 7) is 0.672. The molecule has 0 unspecified atom stereocenters. The summed E-state index contributed by atoms with van der Waals surface area (Å²) in [5.74, 6) is 1.89. The third-order valence-corrected chi connectivity index (χ3v) is 5.96. The Balaban J connectivity index is 1.41. The number of ether oxygens (including phenoxy) is 1. The zero-order valence-corrected chi connectivity index (χ0v) is 18.9. The van der Waals surface area contributed by atoms with Crippen molar-refractivity contribution in [3.05, 3.63) is 96.4 Å². The van der Waals surface area contributed by atoms with Gasteiger partial charge in [0.2, 0.25) is 0 Å². The van der Waals surface area contributed by atoms with Gasteiger partial charge in [-0.05, 0) is 55.3 Å². The second-order valence-corrected chi connectivity index (χ2v) is 8.08. The van der Waals surface area contributed by atoms with E-state index in [0.29, 0.717) is 23.8 Å². The van der Waals surface area contributed by atoms with Gasteiger partial charge in [-0.2, -0.15) is 0 Å². The highest BCUT2D eigenvalue weighted by atomic mass is 16.5. The third-order valence-electron chi connectivity index (χ3n) is 5.96. The zero-order valence-electron chi connectivity index (χ0n) is 18.9. The Kier molecular flexibility index (Phi) is 6.16. The first-order valence-electron chi connectivity index (χ1n) is 11.3. The molecule has 4 aromatic rings. The first kappa shape index (κ1) is 21.6. The topological polar surface area (TPSA) is 80.2 Å². The summed E-state index contributed by atoms with van der Waals surface area (Å²) in [7, 11) is 1.63. The van der Waals surface area contributed by atoms with Gasteiger partial charge in [-0.1, -0.05) is 30.3 Å². The molecule has 1 N–H and O–H groups in total. The van der Waals surface area contributed by atoms with Crippen LogP contribution in [0, 0.1) is 0 Å². The molecule has 1 aliphatic rings. The number of hydrogen-bond donors (Lipinski definition) is 1. The number of likely N-dealkylation sites (tertiary alicyclic amines) is 1. The maximum absolute atomic E-state index is 13.7. The summed E-state index contributed by atoms with van der Waals surface area (Å²) < 4.78 is 5.22. The molecule has 1 fully saturated rings. The number of methoxy groups -OCH3 is 1. The Labute approximate surface area is 198 Å². The second kappa shape index (κ2) is 9.70. The van der Waals surface area contributed by atoms with Crippen LogP contribution >= 0.6 is 0 Å². The van der Waals surface area contributed by atoms with Crippen LogP contribution in [0.15, 0.2) is 85.2 Å². The highest BCUT2D eigenvalue weighted by molar-refractivity contribution is 5.99. The van der Waals surface area contributed by atoms with E-state index < -0.39 is 0 Å². The maximum Gasteiger partial charge on any atom is 0.258 e. The number of hydrogen-bond acceptors (Lipinski definition) is 6. The SMILES string of the molecule is COc1ccc(Nc2ncccc2C(=O)N2CCC[C@H]2c2ccnc(-c3ccccc3)n2)cc1. The van der Waals surface area contributed by atoms with Crippen molar-refractivity contribution < 1.29 is 9.53 Å². The molecule has 1 saturated heterocycles. The first-order chi connectivity index (χ1) is 16.7. The number of benzene rings is 2. The molecule has 34 heavy (non-hydrogen) atoms. The normalized spacial score (nSPS) is 15.2. The molecule has 170 valence electrons. The van der Waals surface area contributed by atoms with Gasteiger partial charge in [-0.25, -0.2) is 15.0 Å². The number of rotatable bonds is 6. The molecule has 1 amide bonds. The minimum atomic E-state index is -0.105. The van der Waals surface area contributed by atoms with Crippen LogP contribution in [0.25, 0.3) is 11.4 Å². The number of pyridine rings is 1. The van der Waals surface area contributed by atoms with E-state index in [4.69, 9.17) is 9.72 Å². The fourth-order valence-corrected chi connectivity index (χ4v) is 4.25. The fraction of sp³-hybridized carbons (Fsp3) is 0.185. The molecule has 0 saturated carbocycles. The Morgan fingerprint density at radius 3 is 2.59 bits per heavy atom. The Morgan fingerprint density at radius 1 is 0.971 bits per heavy atom. The number of carbonyl (C=O) groups excluding carboxylic acids is 1. The second-order valence-electron chi connectivity index (χ2n) is 8.08. The zero-order chi connectivity index (χ0) is 23.3. The highest BCUT2D eigenvalue weighted by Gasteiger charge is 2.33. The van der Waals surface area contributed by atoms with Crippen LogP contribution in [-0.2, 0) is 0 Å². The van der Waals surface area contributed by atoms with E-state index in [-0.39, 0.29) is 11.9 Å². The van der Waals surface area contributed by atoms with Crippen molar-refractivity contribution in [2.24, 2.45) is 0 Å². The molecule has 5 rings (SSSR count). The minimum absolute atomic E-state index is 0.0634. The van der Waals surface area contributed by atoms with E-state index in [0.717, 1.165) is 35.5 Å². The van der Waals surface area contributed by atoms with Crippen molar-refractivity contribution in [2.45, 2.75) is 18.9 Å². The number of nitrogens with one attached hydrogen (secondary N) is 1. The van der Waals surface area contributed by atoms with Crippen molar-refractivity contribution in [3.63, 3.8) is 0 Å². The van der Waals surface area contributed by atoms with Crippen LogP contribution in [0.3, 0.4) is 0 Å². The quantitative estimate of drug-likeness (QED) is 0.430. The van der Waals surface area contributed by atoms with Gasteiger partial charge >= 0.3 is 0 Å². The lowest BCUT2D eigenvalue weighted by Crippen LogP contribution is -2.31. The van der Waals surface area contributed by atoms with Crippen LogP contribution in [0.5, 0.6) is 5.75 Å². The van der Waals surface area contributed by atoms with Crippen molar-refractivity contribution in [1.29, 1.82) is 0 Å². The van der Waals surface area contributed by atoms with E-state index in [2.05, 4.69) is 15.3 Å². The number of amides is 1. The van der Waals surface area contributed by atoms with E-state index in [1.54, 1.807) is 25.6 Å². The van der Waals surface area contributed by atoms with Crippen molar-refractivity contribution in [2.75, 3.05) is 19.0 Å². The van der Waals surface area contributed by atoms with Crippen molar-refractivity contribution >= 4 is 17.4 Å². The minimum Gasteiger partial charge on any atom is -0.497 e. The summed E-state index contributed by atoms with van der Waals surface area (Å²) in [5, 5.41) is 3.27. The standard InChI is InChI=1S/C27H25N5O2/c1-34-21-13-11-20(12-14-21)30-26-22(9-5-16-28-26)27(33)32-18-6-10-24(32)23-15-17-29-25(31-23)19-7-3-2-4-8-19/h2-5,7-9,11-17,24H,6,10,18H2,1H3,(H,28,30)/t24-/m0/s1. The fourth-order valence-electron chi connectivity index (χ4n) is 4.25. The predicted octanol–water partition coefficient (Wildman–Crippen LogP) is 5.27. The van der Waals surface area contributed by atoms with Crippen LogP contribution in [-0.4, -0.2) is 39.4 Å². The van der Waals surface area contributed by atoms with Crippen LogP contribution in [0.4, 0.5) is 11.5 Å². The number of anilines is 2. The van der Waals surface area contributed by atoms with Crippen molar-refractivity contribution in [1.82, 2.24) is 19.9 Å². The van der Waals surface area contributed by atoms with E-state index in [1.165, 1.54) is 0 Å². The molecule has 0 bridgehead atoms. The average molecular weight is 452 g/mol. The number of aromatic nitrogens is 3. The van der Waals surface area contributed by atoms with Gasteiger partial charge < -0.3 is 15.0 Å². The third kappa shape index (κ3) is 4.45. The Hall–Kier alpha value is -4.26. The molecule has 7 heteroatoms. The number of nitrogens with zero attached hydrogens (tertiary/aromatic N) is 4. The molecule has 1 atom stereocenters. The summed E-state index contributed by atoms with van der Waals surface area (Å²) >= 11 is 0. The van der Waals surface area contributed by atoms with Crippen LogP contribution < -0.4 is 10.1 Å². The first-order valence-corrected chi connectivity index (χ1v) is 11.3. The molecule has 3 heterocycles. The summed E-state index contributed by atoms with van der Waals surface area (Å²) in [5.41, 5.74) is 3.17. The maximum atomic E-state index is 13.7. The van der Waals surface area contributed by atoms with Gasteiger partial charge in [0.15, 0.2) is 5.82 Å². The van der Waals surface area contributed by atoms with E-state index in [9.17, 15) is 4.79 Å². The van der Waals surface area contributed by atoms with Gasteiger partial charge in [0, 0.05) is 30.2 Å². The van der Waals surface area contributed by atoms with Gasteiger partial charge in [-0.15, -0.1) is 0 Å². The molecular weight excluding hydrogens is 426 g/mol. The molecule has 2 aromatic carbocycles. The summed E-state index contributed by atoms with van der Waals surface area (Å²) in [6, 6.07) is 22.8. The monoisotopic (exact) mass is 451 g/mol. The molecular formula is C27H25N5O2. The molecule has 2 aromatic heterocycles. The average Bonchev–Trinajstić information content (AvgIpc) is 3.40. The van der Waals surface area contributed by atoms with Crippen LogP contribution in [0.1, 0.15) is 34.9 Å². The lowest BCUT2D eigenvalue weighted by Gasteiger charge is -2.25. The van der Waals surface area contributed by atoms with Crippen molar-refractivity contribution in [3.8, 4) is 17.1 Å². The van der Waals surface area contributed by atoms with Gasteiger partial charge in [-0.3, -0.25) is 4.79 Å². The summed E-state index contributed by atoms with van der Waals surface area (Å²) in [6.07, 6.45) is 5.23. The lowest BCUT2D eigenvalue weighted by molar-refractivity contribution is 0.0733. The molecule has 0 spiro atoms.